The monoisotopic (exact) mass is 517 g/mol. The molecule has 3 N–H and O–H groups in total. The van der Waals surface area contributed by atoms with Gasteiger partial charge in [0.2, 0.25) is 0 Å². The first-order chi connectivity index (χ1) is 19.1. The molecule has 0 radical (unpaired) electrons. The summed E-state index contributed by atoms with van der Waals surface area (Å²) < 4.78 is 16.2. The molecule has 5 aromatic rings. The third kappa shape index (κ3) is 4.44. The van der Waals surface area contributed by atoms with Gasteiger partial charge in [-0.2, -0.15) is 5.10 Å². The fourth-order valence-corrected chi connectivity index (χ4v) is 4.89. The van der Waals surface area contributed by atoms with E-state index in [0.717, 1.165) is 46.4 Å². The Labute approximate surface area is 225 Å². The summed E-state index contributed by atoms with van der Waals surface area (Å²) in [6.45, 7) is 9.95. The summed E-state index contributed by atoms with van der Waals surface area (Å²) in [4.78, 5) is 16.8. The van der Waals surface area contributed by atoms with E-state index in [1.54, 1.807) is 24.7 Å². The molecular formula is C31H28FN7. The van der Waals surface area contributed by atoms with Gasteiger partial charge in [-0.25, -0.2) is 9.37 Å². The fraction of sp³-hybridized carbons (Fsp3) is 0.161. The van der Waals surface area contributed by atoms with E-state index in [-0.39, 0.29) is 5.69 Å². The van der Waals surface area contributed by atoms with Crippen molar-refractivity contribution < 1.29 is 4.39 Å². The standard InChI is InChI=1S/C31H28FN7/c1-4-19(15-22(5-2)35-18(3)20-9-6-10-20)28-27(32)26-25(17-34-28)38-39-30(26)31-36-24-13-7-12-23(29(24)37-31)21-11-8-14-33-16-21/h4-5,7-8,11-17,20,35H,2-3,6,9-10H2,1H3,(H,36,37)(H,38,39)/b19-4+,22-15+. The van der Waals surface area contributed by atoms with Gasteiger partial charge in [0.05, 0.1) is 28.1 Å². The molecule has 0 atom stereocenters. The number of allylic oxidation sites excluding steroid dienone is 5. The quantitative estimate of drug-likeness (QED) is 0.191. The van der Waals surface area contributed by atoms with Crippen molar-refractivity contribution >= 4 is 27.5 Å². The predicted octanol–water partition coefficient (Wildman–Crippen LogP) is 7.08. The highest BCUT2D eigenvalue weighted by atomic mass is 19.1. The second-order valence-electron chi connectivity index (χ2n) is 9.64. The Balaban J connectivity index is 1.41. The largest absolute Gasteiger partial charge is 0.359 e. The van der Waals surface area contributed by atoms with Crippen LogP contribution in [0.3, 0.4) is 0 Å². The lowest BCUT2D eigenvalue weighted by Gasteiger charge is -2.28. The van der Waals surface area contributed by atoms with Gasteiger partial charge in [-0.15, -0.1) is 0 Å². The van der Waals surface area contributed by atoms with Crippen LogP contribution in [0.2, 0.25) is 0 Å². The minimum absolute atomic E-state index is 0.218. The summed E-state index contributed by atoms with van der Waals surface area (Å²) >= 11 is 0. The van der Waals surface area contributed by atoms with Crippen molar-refractivity contribution in [2.45, 2.75) is 26.2 Å². The van der Waals surface area contributed by atoms with E-state index >= 15 is 4.39 Å². The van der Waals surface area contributed by atoms with Crippen LogP contribution in [0.5, 0.6) is 0 Å². The van der Waals surface area contributed by atoms with Gasteiger partial charge in [0.25, 0.3) is 0 Å². The number of aromatic nitrogens is 6. The van der Waals surface area contributed by atoms with E-state index in [1.807, 2.05) is 49.4 Å². The molecule has 7 nitrogen and oxygen atoms in total. The zero-order chi connectivity index (χ0) is 26.9. The van der Waals surface area contributed by atoms with Crippen LogP contribution < -0.4 is 5.32 Å². The highest BCUT2D eigenvalue weighted by Crippen LogP contribution is 2.34. The van der Waals surface area contributed by atoms with Crippen LogP contribution >= 0.6 is 0 Å². The van der Waals surface area contributed by atoms with Gasteiger partial charge in [-0.1, -0.05) is 43.9 Å². The molecule has 1 fully saturated rings. The summed E-state index contributed by atoms with van der Waals surface area (Å²) in [6.07, 6.45) is 14.0. The average molecular weight is 518 g/mol. The number of benzene rings is 1. The van der Waals surface area contributed by atoms with E-state index in [0.29, 0.717) is 33.9 Å². The summed E-state index contributed by atoms with van der Waals surface area (Å²) in [7, 11) is 0. The number of para-hydroxylation sites is 1. The highest BCUT2D eigenvalue weighted by molar-refractivity contribution is 5.98. The molecule has 1 aliphatic carbocycles. The second-order valence-corrected chi connectivity index (χ2v) is 9.64. The zero-order valence-electron chi connectivity index (χ0n) is 21.6. The number of hydrogen-bond donors (Lipinski definition) is 3. The number of halogens is 1. The smallest absolute Gasteiger partial charge is 0.161 e. The topological polar surface area (TPSA) is 95.2 Å². The van der Waals surface area contributed by atoms with Crippen LogP contribution in [-0.2, 0) is 0 Å². The highest BCUT2D eigenvalue weighted by Gasteiger charge is 2.23. The van der Waals surface area contributed by atoms with Crippen LogP contribution in [0.25, 0.3) is 50.2 Å². The van der Waals surface area contributed by atoms with Crippen LogP contribution in [0.4, 0.5) is 4.39 Å². The van der Waals surface area contributed by atoms with Crippen molar-refractivity contribution in [3.05, 3.63) is 103 Å². The normalized spacial score (nSPS) is 14.5. The maximum absolute atomic E-state index is 16.2. The van der Waals surface area contributed by atoms with Crippen LogP contribution in [0.1, 0.15) is 31.9 Å². The molecule has 0 saturated heterocycles. The molecule has 0 aliphatic heterocycles. The minimum atomic E-state index is -0.477. The maximum atomic E-state index is 16.2. The van der Waals surface area contributed by atoms with E-state index in [2.05, 4.69) is 43.6 Å². The van der Waals surface area contributed by atoms with Crippen molar-refractivity contribution in [3.63, 3.8) is 0 Å². The Bertz CT molecular complexity index is 1770. The van der Waals surface area contributed by atoms with Crippen LogP contribution in [0, 0.1) is 11.7 Å². The van der Waals surface area contributed by atoms with E-state index in [1.165, 1.54) is 6.42 Å². The van der Waals surface area contributed by atoms with Crippen molar-refractivity contribution in [2.24, 2.45) is 5.92 Å². The summed E-state index contributed by atoms with van der Waals surface area (Å²) in [5, 5.41) is 11.0. The predicted molar refractivity (Wildman–Crippen MR) is 154 cm³/mol. The maximum Gasteiger partial charge on any atom is 0.161 e. The fourth-order valence-electron chi connectivity index (χ4n) is 4.89. The number of nitrogens with zero attached hydrogens (tertiary/aromatic N) is 4. The first-order valence-electron chi connectivity index (χ1n) is 13.0. The molecule has 4 heterocycles. The lowest BCUT2D eigenvalue weighted by Crippen LogP contribution is -2.23. The lowest BCUT2D eigenvalue weighted by molar-refractivity contribution is 0.356. The molecule has 6 rings (SSSR count). The number of aromatic amines is 2. The van der Waals surface area contributed by atoms with Gasteiger partial charge in [-0.3, -0.25) is 15.1 Å². The summed E-state index contributed by atoms with van der Waals surface area (Å²) in [5.74, 6) is 0.450. The number of fused-ring (bicyclic) bond motifs is 2. The SMILES string of the molecule is C=C/C(=C\C(=C/C)c1ncc2[nH]nc(-c3nc4c(-c5cccnc5)cccc4[nH]3)c2c1F)NC(=C)C1CCC1. The molecule has 1 aromatic carbocycles. The molecule has 0 spiro atoms. The number of nitrogens with one attached hydrogen (secondary N) is 3. The molecule has 8 heteroatoms. The van der Waals surface area contributed by atoms with Crippen LogP contribution in [0.15, 0.2) is 91.7 Å². The summed E-state index contributed by atoms with van der Waals surface area (Å²) in [6, 6.07) is 9.75. The van der Waals surface area contributed by atoms with Crippen molar-refractivity contribution in [3.8, 4) is 22.6 Å². The second kappa shape index (κ2) is 10.1. The van der Waals surface area contributed by atoms with Crippen LogP contribution in [-0.4, -0.2) is 30.1 Å². The van der Waals surface area contributed by atoms with Crippen molar-refractivity contribution in [2.75, 3.05) is 0 Å². The number of pyridine rings is 2. The molecule has 0 amide bonds. The zero-order valence-corrected chi connectivity index (χ0v) is 21.6. The Hall–Kier alpha value is -4.85. The van der Waals surface area contributed by atoms with Gasteiger partial charge >= 0.3 is 0 Å². The molecule has 4 aromatic heterocycles. The summed E-state index contributed by atoms with van der Waals surface area (Å²) in [5.41, 5.74) is 6.87. The van der Waals surface area contributed by atoms with Gasteiger partial charge in [-0.05, 0) is 50.0 Å². The first kappa shape index (κ1) is 24.5. The Morgan fingerprint density at radius 2 is 2.03 bits per heavy atom. The Morgan fingerprint density at radius 3 is 2.74 bits per heavy atom. The molecule has 1 saturated carbocycles. The third-order valence-corrected chi connectivity index (χ3v) is 7.27. The van der Waals surface area contributed by atoms with E-state index < -0.39 is 5.82 Å². The molecule has 0 bridgehead atoms. The number of rotatable bonds is 8. The van der Waals surface area contributed by atoms with Crippen molar-refractivity contribution in [1.29, 1.82) is 0 Å². The van der Waals surface area contributed by atoms with E-state index in [4.69, 9.17) is 4.98 Å². The first-order valence-corrected chi connectivity index (χ1v) is 13.0. The van der Waals surface area contributed by atoms with Gasteiger partial charge in [0, 0.05) is 40.5 Å². The Morgan fingerprint density at radius 1 is 1.15 bits per heavy atom. The minimum Gasteiger partial charge on any atom is -0.359 e. The van der Waals surface area contributed by atoms with Crippen molar-refractivity contribution in [1.82, 2.24) is 35.5 Å². The lowest BCUT2D eigenvalue weighted by atomic mass is 9.83. The molecule has 1 aliphatic rings. The average Bonchev–Trinajstić information content (AvgIpc) is 3.55. The van der Waals surface area contributed by atoms with Gasteiger partial charge < -0.3 is 10.3 Å². The van der Waals surface area contributed by atoms with Gasteiger partial charge in [0.1, 0.15) is 11.4 Å². The molecular weight excluding hydrogens is 489 g/mol. The number of imidazole rings is 1. The van der Waals surface area contributed by atoms with E-state index in [9.17, 15) is 0 Å². The third-order valence-electron chi connectivity index (χ3n) is 7.27. The molecule has 194 valence electrons. The number of hydrogen-bond acceptors (Lipinski definition) is 5. The Kier molecular flexibility index (Phi) is 6.36. The molecule has 0 unspecified atom stereocenters. The van der Waals surface area contributed by atoms with Gasteiger partial charge in [0.15, 0.2) is 11.6 Å². The molecule has 39 heavy (non-hydrogen) atoms. The number of H-pyrrole nitrogens is 2.